The Morgan fingerprint density at radius 2 is 1.94 bits per heavy atom. The molecule has 1 N–H and O–H groups in total. The van der Waals surface area contributed by atoms with Crippen molar-refractivity contribution in [3.63, 3.8) is 0 Å². The van der Waals surface area contributed by atoms with Crippen LogP contribution in [0.2, 0.25) is 0 Å². The first kappa shape index (κ1) is 20.5. The zero-order valence-electron chi connectivity index (χ0n) is 17.7. The summed E-state index contributed by atoms with van der Waals surface area (Å²) in [4.78, 5) is 31.6. The van der Waals surface area contributed by atoms with Gasteiger partial charge in [-0.2, -0.15) is 0 Å². The summed E-state index contributed by atoms with van der Waals surface area (Å²) in [5, 5.41) is 5.35. The summed E-state index contributed by atoms with van der Waals surface area (Å²) in [5.41, 5.74) is 3.82. The lowest BCUT2D eigenvalue weighted by molar-refractivity contribution is -0.122. The number of nitrogens with zero attached hydrogens (tertiary/aromatic N) is 2. The number of hydrogen-bond donors (Lipinski definition) is 1. The molecule has 2 aliphatic rings. The van der Waals surface area contributed by atoms with Crippen LogP contribution < -0.4 is 19.7 Å². The number of anilines is 2. The minimum Gasteiger partial charge on any atom is -0.486 e. The molecule has 0 spiro atoms. The maximum Gasteiger partial charge on any atom is 0.231 e. The van der Waals surface area contributed by atoms with Gasteiger partial charge in [-0.1, -0.05) is 31.2 Å². The Morgan fingerprint density at radius 1 is 1.16 bits per heavy atom. The molecule has 1 atom stereocenters. The van der Waals surface area contributed by atoms with E-state index in [-0.39, 0.29) is 18.2 Å². The molecule has 7 nitrogen and oxygen atoms in total. The van der Waals surface area contributed by atoms with Gasteiger partial charge in [-0.05, 0) is 24.1 Å². The Balaban J connectivity index is 1.25. The van der Waals surface area contributed by atoms with Crippen molar-refractivity contribution in [2.45, 2.75) is 19.8 Å². The highest BCUT2D eigenvalue weighted by atomic mass is 32.1. The van der Waals surface area contributed by atoms with Crippen LogP contribution in [0, 0.1) is 5.92 Å². The van der Waals surface area contributed by atoms with E-state index in [4.69, 9.17) is 9.47 Å². The number of benzene rings is 2. The van der Waals surface area contributed by atoms with Crippen molar-refractivity contribution in [1.29, 1.82) is 0 Å². The maximum absolute atomic E-state index is 12.8. The average molecular weight is 450 g/mol. The number of nitrogens with one attached hydrogen (secondary N) is 1. The summed E-state index contributed by atoms with van der Waals surface area (Å²) < 4.78 is 11.2. The summed E-state index contributed by atoms with van der Waals surface area (Å²) in [7, 11) is 0. The van der Waals surface area contributed by atoms with Crippen LogP contribution in [0.3, 0.4) is 0 Å². The quantitative estimate of drug-likeness (QED) is 0.633. The molecule has 1 aromatic heterocycles. The standard InChI is InChI=1S/C24H23N3O4S/c1-2-15-3-5-16(6-4-15)19-14-32-24(25-19)26-23(29)17-11-22(28)27(13-17)18-7-8-20-21(12-18)31-10-9-30-20/h3-8,12,14,17H,2,9-11,13H2,1H3,(H,25,26,29)/t17-/m1/s1. The van der Waals surface area contributed by atoms with Crippen LogP contribution in [0.25, 0.3) is 11.3 Å². The molecule has 3 aromatic rings. The molecular weight excluding hydrogens is 426 g/mol. The molecule has 1 saturated heterocycles. The van der Waals surface area contributed by atoms with Gasteiger partial charge in [0.25, 0.3) is 0 Å². The molecule has 0 aliphatic carbocycles. The Labute approximate surface area is 190 Å². The number of fused-ring (bicyclic) bond motifs is 1. The minimum atomic E-state index is -0.438. The van der Waals surface area contributed by atoms with Gasteiger partial charge in [0.15, 0.2) is 16.6 Å². The predicted molar refractivity (Wildman–Crippen MR) is 123 cm³/mol. The van der Waals surface area contributed by atoms with Gasteiger partial charge in [0.05, 0.1) is 11.6 Å². The first-order valence-corrected chi connectivity index (χ1v) is 11.5. The van der Waals surface area contributed by atoms with Crippen LogP contribution in [0.5, 0.6) is 11.5 Å². The second kappa shape index (κ2) is 8.63. The molecule has 0 saturated carbocycles. The van der Waals surface area contributed by atoms with Crippen LogP contribution in [0.4, 0.5) is 10.8 Å². The largest absolute Gasteiger partial charge is 0.486 e. The molecule has 164 valence electrons. The van der Waals surface area contributed by atoms with Crippen LogP contribution >= 0.6 is 11.3 Å². The van der Waals surface area contributed by atoms with Crippen molar-refractivity contribution in [3.05, 3.63) is 53.4 Å². The highest BCUT2D eigenvalue weighted by molar-refractivity contribution is 7.14. The van der Waals surface area contributed by atoms with Crippen molar-refractivity contribution in [2.75, 3.05) is 30.0 Å². The Morgan fingerprint density at radius 3 is 2.72 bits per heavy atom. The van der Waals surface area contributed by atoms with E-state index in [2.05, 4.69) is 29.4 Å². The number of aromatic nitrogens is 1. The first-order valence-electron chi connectivity index (χ1n) is 10.7. The van der Waals surface area contributed by atoms with Crippen LogP contribution in [0.1, 0.15) is 18.9 Å². The number of ether oxygens (including phenoxy) is 2. The summed E-state index contributed by atoms with van der Waals surface area (Å²) in [5.74, 6) is 0.576. The number of thiazole rings is 1. The van der Waals surface area contributed by atoms with E-state index >= 15 is 0 Å². The van der Waals surface area contributed by atoms with E-state index < -0.39 is 5.92 Å². The number of hydrogen-bond acceptors (Lipinski definition) is 6. The monoisotopic (exact) mass is 449 g/mol. The van der Waals surface area contributed by atoms with Gasteiger partial charge in [0, 0.05) is 35.7 Å². The molecule has 0 radical (unpaired) electrons. The molecule has 0 unspecified atom stereocenters. The number of carbonyl (C=O) groups is 2. The first-order chi connectivity index (χ1) is 15.6. The second-order valence-corrected chi connectivity index (χ2v) is 8.67. The van der Waals surface area contributed by atoms with Gasteiger partial charge in [-0.3, -0.25) is 9.59 Å². The SMILES string of the molecule is CCc1ccc(-c2csc(NC(=O)[C@@H]3CC(=O)N(c4ccc5c(c4)OCCO5)C3)n2)cc1. The van der Waals surface area contributed by atoms with Gasteiger partial charge in [-0.25, -0.2) is 4.98 Å². The van der Waals surface area contributed by atoms with Crippen LogP contribution in [-0.4, -0.2) is 36.6 Å². The van der Waals surface area contributed by atoms with Gasteiger partial charge < -0.3 is 19.7 Å². The van der Waals surface area contributed by atoms with Crippen LogP contribution in [0.15, 0.2) is 47.8 Å². The second-order valence-electron chi connectivity index (χ2n) is 7.81. The highest BCUT2D eigenvalue weighted by Crippen LogP contribution is 2.36. The third kappa shape index (κ3) is 4.05. The molecule has 2 aromatic carbocycles. The molecule has 1 fully saturated rings. The minimum absolute atomic E-state index is 0.0855. The lowest BCUT2D eigenvalue weighted by Gasteiger charge is -2.22. The fourth-order valence-corrected chi connectivity index (χ4v) is 4.64. The molecule has 8 heteroatoms. The molecule has 3 heterocycles. The van der Waals surface area contributed by atoms with Gasteiger partial charge >= 0.3 is 0 Å². The van der Waals surface area contributed by atoms with E-state index in [1.165, 1.54) is 16.9 Å². The molecule has 0 bridgehead atoms. The normalized spacial score (nSPS) is 17.5. The maximum atomic E-state index is 12.8. The predicted octanol–water partition coefficient (Wildman–Crippen LogP) is 4.14. The van der Waals surface area contributed by atoms with E-state index in [9.17, 15) is 9.59 Å². The van der Waals surface area contributed by atoms with Crippen molar-refractivity contribution < 1.29 is 19.1 Å². The van der Waals surface area contributed by atoms with E-state index in [0.717, 1.165) is 17.7 Å². The lowest BCUT2D eigenvalue weighted by atomic mass is 10.1. The summed E-state index contributed by atoms with van der Waals surface area (Å²) >= 11 is 1.38. The van der Waals surface area contributed by atoms with Gasteiger partial charge in [0.2, 0.25) is 11.8 Å². The number of carbonyl (C=O) groups excluding carboxylic acids is 2. The topological polar surface area (TPSA) is 80.8 Å². The Kier molecular flexibility index (Phi) is 5.53. The van der Waals surface area contributed by atoms with E-state index in [0.29, 0.717) is 42.1 Å². The Hall–Kier alpha value is -3.39. The van der Waals surface area contributed by atoms with Crippen molar-refractivity contribution >= 4 is 34.0 Å². The third-order valence-corrected chi connectivity index (χ3v) is 6.48. The summed E-state index contributed by atoms with van der Waals surface area (Å²) in [6, 6.07) is 13.7. The van der Waals surface area contributed by atoms with Crippen molar-refractivity contribution in [2.24, 2.45) is 5.92 Å². The molecule has 32 heavy (non-hydrogen) atoms. The lowest BCUT2D eigenvalue weighted by Crippen LogP contribution is -2.28. The van der Waals surface area contributed by atoms with Gasteiger partial charge in [-0.15, -0.1) is 11.3 Å². The van der Waals surface area contributed by atoms with E-state index in [1.54, 1.807) is 17.0 Å². The van der Waals surface area contributed by atoms with Crippen molar-refractivity contribution in [1.82, 2.24) is 4.98 Å². The fourth-order valence-electron chi connectivity index (χ4n) is 3.92. The molecule has 2 amide bonds. The number of rotatable bonds is 5. The zero-order chi connectivity index (χ0) is 22.1. The molecule has 2 aliphatic heterocycles. The van der Waals surface area contributed by atoms with Crippen LogP contribution in [-0.2, 0) is 16.0 Å². The highest BCUT2D eigenvalue weighted by Gasteiger charge is 2.36. The smallest absolute Gasteiger partial charge is 0.231 e. The molecule has 5 rings (SSSR count). The fraction of sp³-hybridized carbons (Fsp3) is 0.292. The molecular formula is C24H23N3O4S. The number of amides is 2. The van der Waals surface area contributed by atoms with E-state index in [1.807, 2.05) is 23.6 Å². The average Bonchev–Trinajstić information content (AvgIpc) is 3.45. The summed E-state index contributed by atoms with van der Waals surface area (Å²) in [6.45, 7) is 3.43. The Bertz CT molecular complexity index is 1160. The third-order valence-electron chi connectivity index (χ3n) is 5.73. The van der Waals surface area contributed by atoms with Crippen molar-refractivity contribution in [3.8, 4) is 22.8 Å². The van der Waals surface area contributed by atoms with Gasteiger partial charge in [0.1, 0.15) is 13.2 Å². The number of aryl methyl sites for hydroxylation is 1. The summed E-state index contributed by atoms with van der Waals surface area (Å²) in [6.07, 6.45) is 1.15. The zero-order valence-corrected chi connectivity index (χ0v) is 18.5.